The van der Waals surface area contributed by atoms with Crippen LogP contribution in [0.2, 0.25) is 0 Å². The lowest BCUT2D eigenvalue weighted by atomic mass is 9.96. The SMILES string of the molecule is O=C(NC1CCCCC1)N1CCN(S(=O)(=O)c2c(F)cccc2F)CC1. The fraction of sp³-hybridized carbons (Fsp3) is 0.588. The van der Waals surface area contributed by atoms with Crippen molar-refractivity contribution in [3.8, 4) is 0 Å². The Balaban J connectivity index is 1.61. The van der Waals surface area contributed by atoms with Crippen LogP contribution in [0.15, 0.2) is 23.1 Å². The van der Waals surface area contributed by atoms with E-state index in [1.165, 1.54) is 6.42 Å². The molecule has 26 heavy (non-hydrogen) atoms. The summed E-state index contributed by atoms with van der Waals surface area (Å²) < 4.78 is 53.8. The Bertz CT molecular complexity index is 738. The number of amides is 2. The summed E-state index contributed by atoms with van der Waals surface area (Å²) in [6, 6.07) is 2.93. The fourth-order valence-electron chi connectivity index (χ4n) is 3.50. The maximum absolute atomic E-state index is 13.8. The van der Waals surface area contributed by atoms with Crippen molar-refractivity contribution in [3.05, 3.63) is 29.8 Å². The van der Waals surface area contributed by atoms with Crippen molar-refractivity contribution in [3.63, 3.8) is 0 Å². The minimum Gasteiger partial charge on any atom is -0.335 e. The Morgan fingerprint density at radius 1 is 1.00 bits per heavy atom. The summed E-state index contributed by atoms with van der Waals surface area (Å²) in [5, 5.41) is 2.99. The highest BCUT2D eigenvalue weighted by atomic mass is 32.2. The van der Waals surface area contributed by atoms with E-state index in [1.54, 1.807) is 4.90 Å². The van der Waals surface area contributed by atoms with Crippen molar-refractivity contribution in [1.29, 1.82) is 0 Å². The largest absolute Gasteiger partial charge is 0.335 e. The molecule has 6 nitrogen and oxygen atoms in total. The molecule has 144 valence electrons. The second-order valence-electron chi connectivity index (χ2n) is 6.73. The molecule has 0 atom stereocenters. The van der Waals surface area contributed by atoms with Gasteiger partial charge < -0.3 is 10.2 Å². The van der Waals surface area contributed by atoms with Crippen LogP contribution >= 0.6 is 0 Å². The zero-order valence-corrected chi connectivity index (χ0v) is 15.3. The van der Waals surface area contributed by atoms with E-state index in [1.807, 2.05) is 0 Å². The van der Waals surface area contributed by atoms with Gasteiger partial charge in [-0.2, -0.15) is 4.31 Å². The fourth-order valence-corrected chi connectivity index (χ4v) is 5.03. The number of urea groups is 1. The first-order valence-electron chi connectivity index (χ1n) is 8.89. The molecule has 2 amide bonds. The molecule has 1 saturated heterocycles. The van der Waals surface area contributed by atoms with Crippen LogP contribution in [0.25, 0.3) is 0 Å². The number of nitrogens with zero attached hydrogens (tertiary/aromatic N) is 2. The minimum atomic E-state index is -4.27. The van der Waals surface area contributed by atoms with Gasteiger partial charge in [0.05, 0.1) is 0 Å². The molecule has 0 radical (unpaired) electrons. The van der Waals surface area contributed by atoms with Crippen LogP contribution in [-0.4, -0.2) is 55.9 Å². The van der Waals surface area contributed by atoms with E-state index in [0.717, 1.165) is 48.2 Å². The standard InChI is InChI=1S/C17H23F2N3O3S/c18-14-7-4-8-15(19)16(14)26(24,25)22-11-9-21(10-12-22)17(23)20-13-5-2-1-3-6-13/h4,7-8,13H,1-3,5-6,9-12H2,(H,20,23). The number of hydrogen-bond acceptors (Lipinski definition) is 3. The van der Waals surface area contributed by atoms with Crippen LogP contribution in [0.1, 0.15) is 32.1 Å². The van der Waals surface area contributed by atoms with Crippen LogP contribution in [0.4, 0.5) is 13.6 Å². The van der Waals surface area contributed by atoms with Crippen LogP contribution in [0.5, 0.6) is 0 Å². The first-order chi connectivity index (χ1) is 12.4. The van der Waals surface area contributed by atoms with Gasteiger partial charge in [-0.3, -0.25) is 0 Å². The normalized spacial score (nSPS) is 20.2. The lowest BCUT2D eigenvalue weighted by Gasteiger charge is -2.35. The summed E-state index contributed by atoms with van der Waals surface area (Å²) in [4.78, 5) is 13.0. The number of piperazine rings is 1. The van der Waals surface area contributed by atoms with Crippen molar-refractivity contribution in [1.82, 2.24) is 14.5 Å². The molecule has 1 heterocycles. The van der Waals surface area contributed by atoms with Crippen LogP contribution in [0, 0.1) is 11.6 Å². The van der Waals surface area contributed by atoms with E-state index in [-0.39, 0.29) is 38.3 Å². The highest BCUT2D eigenvalue weighted by Crippen LogP contribution is 2.24. The van der Waals surface area contributed by atoms with Crippen molar-refractivity contribution in [2.45, 2.75) is 43.0 Å². The molecule has 9 heteroatoms. The molecule has 1 aliphatic carbocycles. The van der Waals surface area contributed by atoms with Crippen molar-refractivity contribution in [2.24, 2.45) is 0 Å². The Morgan fingerprint density at radius 3 is 2.15 bits per heavy atom. The molecule has 1 aliphatic heterocycles. The maximum atomic E-state index is 13.8. The Morgan fingerprint density at radius 2 is 1.58 bits per heavy atom. The summed E-state index contributed by atoms with van der Waals surface area (Å²) >= 11 is 0. The summed E-state index contributed by atoms with van der Waals surface area (Å²) in [5.74, 6) is -2.22. The number of halogens is 2. The van der Waals surface area contributed by atoms with E-state index in [9.17, 15) is 22.0 Å². The van der Waals surface area contributed by atoms with Crippen LogP contribution in [0.3, 0.4) is 0 Å². The van der Waals surface area contributed by atoms with E-state index < -0.39 is 26.6 Å². The van der Waals surface area contributed by atoms with Crippen molar-refractivity contribution < 1.29 is 22.0 Å². The molecular formula is C17H23F2N3O3S. The quantitative estimate of drug-likeness (QED) is 0.865. The van der Waals surface area contributed by atoms with Gasteiger partial charge in [-0.1, -0.05) is 25.3 Å². The molecule has 1 aromatic carbocycles. The number of nitrogens with one attached hydrogen (secondary N) is 1. The van der Waals surface area contributed by atoms with Crippen molar-refractivity contribution >= 4 is 16.1 Å². The summed E-state index contributed by atoms with van der Waals surface area (Å²) in [5.41, 5.74) is 0. The lowest BCUT2D eigenvalue weighted by Crippen LogP contribution is -2.54. The molecule has 1 saturated carbocycles. The number of rotatable bonds is 3. The molecule has 3 rings (SSSR count). The lowest BCUT2D eigenvalue weighted by molar-refractivity contribution is 0.166. The highest BCUT2D eigenvalue weighted by molar-refractivity contribution is 7.89. The summed E-state index contributed by atoms with van der Waals surface area (Å²) in [7, 11) is -4.27. The zero-order valence-electron chi connectivity index (χ0n) is 14.5. The van der Waals surface area contributed by atoms with E-state index >= 15 is 0 Å². The van der Waals surface area contributed by atoms with Gasteiger partial charge in [0.25, 0.3) is 0 Å². The van der Waals surface area contributed by atoms with Gasteiger partial charge >= 0.3 is 6.03 Å². The van der Waals surface area contributed by atoms with Gasteiger partial charge in [-0.05, 0) is 25.0 Å². The van der Waals surface area contributed by atoms with E-state index in [2.05, 4.69) is 5.32 Å². The Labute approximate surface area is 152 Å². The Hall–Kier alpha value is -1.74. The van der Waals surface area contributed by atoms with Crippen LogP contribution < -0.4 is 5.32 Å². The highest BCUT2D eigenvalue weighted by Gasteiger charge is 2.34. The predicted molar refractivity (Wildman–Crippen MR) is 92.1 cm³/mol. The van der Waals surface area contributed by atoms with Gasteiger partial charge in [0.2, 0.25) is 10.0 Å². The van der Waals surface area contributed by atoms with Gasteiger partial charge in [0.1, 0.15) is 11.6 Å². The molecule has 0 spiro atoms. The third-order valence-electron chi connectivity index (χ3n) is 4.98. The van der Waals surface area contributed by atoms with Gasteiger partial charge in [0, 0.05) is 32.2 Å². The molecule has 0 unspecified atom stereocenters. The smallest absolute Gasteiger partial charge is 0.317 e. The second-order valence-corrected chi connectivity index (χ2v) is 8.60. The van der Waals surface area contributed by atoms with Gasteiger partial charge in [0.15, 0.2) is 4.90 Å². The molecule has 2 aliphatic rings. The van der Waals surface area contributed by atoms with Gasteiger partial charge in [-0.15, -0.1) is 0 Å². The van der Waals surface area contributed by atoms with Crippen molar-refractivity contribution in [2.75, 3.05) is 26.2 Å². The summed E-state index contributed by atoms with van der Waals surface area (Å²) in [6.45, 7) is 0.393. The van der Waals surface area contributed by atoms with Gasteiger partial charge in [-0.25, -0.2) is 22.0 Å². The molecule has 0 aromatic heterocycles. The molecule has 1 aromatic rings. The molecule has 0 bridgehead atoms. The second kappa shape index (κ2) is 7.87. The first-order valence-corrected chi connectivity index (χ1v) is 10.3. The number of carbonyl (C=O) groups is 1. The first kappa shape index (κ1) is 19.0. The third kappa shape index (κ3) is 3.98. The molecule has 1 N–H and O–H groups in total. The third-order valence-corrected chi connectivity index (χ3v) is 6.93. The monoisotopic (exact) mass is 387 g/mol. The van der Waals surface area contributed by atoms with Crippen LogP contribution in [-0.2, 0) is 10.0 Å². The number of hydrogen-bond donors (Lipinski definition) is 1. The number of sulfonamides is 1. The minimum absolute atomic E-state index is 0.00813. The molecule has 2 fully saturated rings. The summed E-state index contributed by atoms with van der Waals surface area (Å²) in [6.07, 6.45) is 5.32. The number of benzene rings is 1. The van der Waals surface area contributed by atoms with E-state index in [0.29, 0.717) is 0 Å². The Kier molecular flexibility index (Phi) is 5.76. The average molecular weight is 387 g/mol. The van der Waals surface area contributed by atoms with E-state index in [4.69, 9.17) is 0 Å². The number of carbonyl (C=O) groups excluding carboxylic acids is 1. The predicted octanol–water partition coefficient (Wildman–Crippen LogP) is 2.31. The zero-order chi connectivity index (χ0) is 18.7. The molecular weight excluding hydrogens is 364 g/mol. The topological polar surface area (TPSA) is 69.7 Å². The maximum Gasteiger partial charge on any atom is 0.317 e. The average Bonchev–Trinajstić information content (AvgIpc) is 2.62.